The topological polar surface area (TPSA) is 64.3 Å². The van der Waals surface area contributed by atoms with Gasteiger partial charge in [0, 0.05) is 20.2 Å². The van der Waals surface area contributed by atoms with Crippen LogP contribution in [0, 0.1) is 0 Å². The van der Waals surface area contributed by atoms with Crippen LogP contribution in [-0.2, 0) is 9.53 Å². The van der Waals surface area contributed by atoms with Gasteiger partial charge in [-0.25, -0.2) is 0 Å². The molecule has 0 fully saturated rings. The molecule has 1 unspecified atom stereocenters. The largest absolute Gasteiger partial charge is 0.390 e. The Morgan fingerprint density at radius 3 is 2.53 bits per heavy atom. The van der Waals surface area contributed by atoms with Crippen LogP contribution >= 0.6 is 0 Å². The third kappa shape index (κ3) is 8.19. The molecule has 0 aliphatic heterocycles. The minimum Gasteiger partial charge on any atom is -0.380 e. The molecule has 0 saturated heterocycles. The van der Waals surface area contributed by atoms with Gasteiger partial charge in [-0.2, -0.15) is 13.2 Å². The number of halogens is 3. The van der Waals surface area contributed by atoms with E-state index in [-0.39, 0.29) is 13.0 Å². The lowest BCUT2D eigenvalue weighted by atomic mass is 10.2. The third-order valence-electron chi connectivity index (χ3n) is 1.74. The molecule has 1 amide bonds. The van der Waals surface area contributed by atoms with Crippen LogP contribution in [0.4, 0.5) is 13.2 Å². The Hall–Kier alpha value is -0.820. The van der Waals surface area contributed by atoms with Crippen LogP contribution in [0.1, 0.15) is 12.8 Å². The zero-order valence-electron chi connectivity index (χ0n) is 8.43. The zero-order valence-corrected chi connectivity index (χ0v) is 8.43. The van der Waals surface area contributed by atoms with Crippen LogP contribution in [0.5, 0.6) is 0 Å². The van der Waals surface area contributed by atoms with Crippen LogP contribution in [0.25, 0.3) is 0 Å². The SMILES string of the molecule is COC(CN)CC(=O)NCCC(F)(F)F. The van der Waals surface area contributed by atoms with Crippen molar-refractivity contribution in [2.24, 2.45) is 5.73 Å². The Bertz CT molecular complexity index is 193. The summed E-state index contributed by atoms with van der Waals surface area (Å²) in [6, 6.07) is 0. The fraction of sp³-hybridized carbons (Fsp3) is 0.875. The van der Waals surface area contributed by atoms with Gasteiger partial charge in [-0.05, 0) is 0 Å². The van der Waals surface area contributed by atoms with Crippen molar-refractivity contribution in [1.29, 1.82) is 0 Å². The second-order valence-corrected chi connectivity index (χ2v) is 3.01. The van der Waals surface area contributed by atoms with Gasteiger partial charge in [0.2, 0.25) is 5.91 Å². The smallest absolute Gasteiger partial charge is 0.380 e. The van der Waals surface area contributed by atoms with E-state index in [9.17, 15) is 18.0 Å². The maximum Gasteiger partial charge on any atom is 0.390 e. The van der Waals surface area contributed by atoms with Crippen molar-refractivity contribution in [3.05, 3.63) is 0 Å². The molecule has 90 valence electrons. The first-order valence-corrected chi connectivity index (χ1v) is 4.45. The maximum absolute atomic E-state index is 11.7. The Kier molecular flexibility index (Phi) is 6.26. The zero-order chi connectivity index (χ0) is 11.9. The van der Waals surface area contributed by atoms with Crippen molar-refractivity contribution in [3.8, 4) is 0 Å². The molecule has 0 heterocycles. The summed E-state index contributed by atoms with van der Waals surface area (Å²) in [6.45, 7) is -0.257. The minimum atomic E-state index is -4.25. The van der Waals surface area contributed by atoms with Crippen LogP contribution in [0.15, 0.2) is 0 Å². The molecule has 15 heavy (non-hydrogen) atoms. The molecule has 0 aromatic heterocycles. The number of nitrogens with two attached hydrogens (primary N) is 1. The number of rotatable bonds is 6. The number of amides is 1. The molecular weight excluding hydrogens is 213 g/mol. The second kappa shape index (κ2) is 6.62. The average Bonchev–Trinajstić information content (AvgIpc) is 2.12. The quantitative estimate of drug-likeness (QED) is 0.692. The number of hydrogen-bond acceptors (Lipinski definition) is 3. The molecule has 0 bridgehead atoms. The predicted octanol–water partition coefficient (Wildman–Crippen LogP) is 0.419. The Labute approximate surface area is 86.0 Å². The van der Waals surface area contributed by atoms with E-state index < -0.39 is 31.2 Å². The molecule has 0 aliphatic rings. The summed E-state index contributed by atoms with van der Waals surface area (Å²) in [5.74, 6) is -0.489. The first-order valence-electron chi connectivity index (χ1n) is 4.45. The summed E-state index contributed by atoms with van der Waals surface area (Å²) >= 11 is 0. The van der Waals surface area contributed by atoms with Crippen molar-refractivity contribution in [2.75, 3.05) is 20.2 Å². The number of alkyl halides is 3. The summed E-state index contributed by atoms with van der Waals surface area (Å²) in [5, 5.41) is 2.14. The predicted molar refractivity (Wildman–Crippen MR) is 48.2 cm³/mol. The van der Waals surface area contributed by atoms with Crippen molar-refractivity contribution in [3.63, 3.8) is 0 Å². The highest BCUT2D eigenvalue weighted by Gasteiger charge is 2.26. The molecule has 0 saturated carbocycles. The molecule has 0 rings (SSSR count). The fourth-order valence-electron chi connectivity index (χ4n) is 0.885. The van der Waals surface area contributed by atoms with Gasteiger partial charge < -0.3 is 15.8 Å². The number of ether oxygens (including phenoxy) is 1. The molecular formula is C8H15F3N2O2. The first kappa shape index (κ1) is 14.2. The molecule has 0 aromatic rings. The van der Waals surface area contributed by atoms with E-state index in [1.54, 1.807) is 0 Å². The van der Waals surface area contributed by atoms with Crippen molar-refractivity contribution in [1.82, 2.24) is 5.32 Å². The molecule has 0 aliphatic carbocycles. The average molecular weight is 228 g/mol. The maximum atomic E-state index is 11.7. The summed E-state index contributed by atoms with van der Waals surface area (Å²) < 4.78 is 39.9. The van der Waals surface area contributed by atoms with Gasteiger partial charge in [0.05, 0.1) is 18.9 Å². The highest BCUT2D eigenvalue weighted by atomic mass is 19.4. The Morgan fingerprint density at radius 1 is 1.53 bits per heavy atom. The van der Waals surface area contributed by atoms with Gasteiger partial charge in [0.25, 0.3) is 0 Å². The van der Waals surface area contributed by atoms with Gasteiger partial charge >= 0.3 is 6.18 Å². The van der Waals surface area contributed by atoms with E-state index in [1.165, 1.54) is 7.11 Å². The van der Waals surface area contributed by atoms with Crippen LogP contribution in [0.3, 0.4) is 0 Å². The summed E-state index contributed by atoms with van der Waals surface area (Å²) in [6.07, 6.45) is -5.75. The highest BCUT2D eigenvalue weighted by Crippen LogP contribution is 2.18. The van der Waals surface area contributed by atoms with Gasteiger partial charge in [-0.15, -0.1) is 0 Å². The highest BCUT2D eigenvalue weighted by molar-refractivity contribution is 5.76. The normalized spacial score (nSPS) is 13.7. The lowest BCUT2D eigenvalue weighted by Crippen LogP contribution is -2.33. The van der Waals surface area contributed by atoms with E-state index in [4.69, 9.17) is 10.5 Å². The van der Waals surface area contributed by atoms with Gasteiger partial charge in [0.1, 0.15) is 0 Å². The van der Waals surface area contributed by atoms with Gasteiger partial charge in [0.15, 0.2) is 0 Å². The Morgan fingerprint density at radius 2 is 2.13 bits per heavy atom. The van der Waals surface area contributed by atoms with Crippen LogP contribution < -0.4 is 11.1 Å². The first-order chi connectivity index (χ1) is 6.89. The summed E-state index contributed by atoms with van der Waals surface area (Å²) in [4.78, 5) is 11.0. The summed E-state index contributed by atoms with van der Waals surface area (Å²) in [5.41, 5.74) is 5.24. The Balaban J connectivity index is 3.66. The number of methoxy groups -OCH3 is 1. The van der Waals surface area contributed by atoms with E-state index in [1.807, 2.05) is 0 Å². The summed E-state index contributed by atoms with van der Waals surface area (Å²) in [7, 11) is 1.39. The van der Waals surface area contributed by atoms with Crippen molar-refractivity contribution in [2.45, 2.75) is 25.1 Å². The third-order valence-corrected chi connectivity index (χ3v) is 1.74. The van der Waals surface area contributed by atoms with Gasteiger partial charge in [-0.1, -0.05) is 0 Å². The van der Waals surface area contributed by atoms with E-state index in [0.29, 0.717) is 0 Å². The molecule has 3 N–H and O–H groups in total. The molecule has 0 aromatic carbocycles. The molecule has 0 spiro atoms. The van der Waals surface area contributed by atoms with Crippen LogP contribution in [0.2, 0.25) is 0 Å². The molecule has 1 atom stereocenters. The lowest BCUT2D eigenvalue weighted by Gasteiger charge is -2.13. The number of hydrogen-bond donors (Lipinski definition) is 2. The lowest BCUT2D eigenvalue weighted by molar-refractivity contribution is -0.136. The standard InChI is InChI=1S/C8H15F3N2O2/c1-15-6(5-12)4-7(14)13-3-2-8(9,10)11/h6H,2-5,12H2,1H3,(H,13,14). The number of nitrogens with one attached hydrogen (secondary N) is 1. The van der Waals surface area contributed by atoms with E-state index in [0.717, 1.165) is 0 Å². The van der Waals surface area contributed by atoms with Crippen molar-refractivity contribution < 1.29 is 22.7 Å². The number of carbonyl (C=O) groups is 1. The van der Waals surface area contributed by atoms with E-state index in [2.05, 4.69) is 5.32 Å². The molecule has 7 heteroatoms. The molecule has 0 radical (unpaired) electrons. The van der Waals surface area contributed by atoms with Crippen LogP contribution in [-0.4, -0.2) is 38.4 Å². The second-order valence-electron chi connectivity index (χ2n) is 3.01. The van der Waals surface area contributed by atoms with Gasteiger partial charge in [-0.3, -0.25) is 4.79 Å². The number of carbonyl (C=O) groups excluding carboxylic acids is 1. The molecule has 4 nitrogen and oxygen atoms in total. The minimum absolute atomic E-state index is 0.0230. The van der Waals surface area contributed by atoms with Crippen molar-refractivity contribution >= 4 is 5.91 Å². The monoisotopic (exact) mass is 228 g/mol. The van der Waals surface area contributed by atoms with E-state index >= 15 is 0 Å². The fourth-order valence-corrected chi connectivity index (χ4v) is 0.885.